The van der Waals surface area contributed by atoms with Crippen LogP contribution in [0, 0.1) is 12.7 Å². The molecular weight excluding hydrogens is 221 g/mol. The zero-order chi connectivity index (χ0) is 12.7. The number of aliphatic hydroxyl groups excluding tert-OH is 1. The summed E-state index contributed by atoms with van der Waals surface area (Å²) in [6.45, 7) is 3.18. The second-order valence-electron chi connectivity index (χ2n) is 4.12. The van der Waals surface area contributed by atoms with Crippen molar-refractivity contribution < 1.29 is 14.2 Å². The largest absolute Gasteiger partial charge is 0.396 e. The van der Waals surface area contributed by atoms with Gasteiger partial charge in [0, 0.05) is 26.3 Å². The number of hydrogen-bond acceptors (Lipinski definition) is 3. The predicted molar refractivity (Wildman–Crippen MR) is 65.3 cm³/mol. The van der Waals surface area contributed by atoms with Gasteiger partial charge in [-0.1, -0.05) is 6.07 Å². The second-order valence-corrected chi connectivity index (χ2v) is 4.12. The van der Waals surface area contributed by atoms with Crippen LogP contribution < -0.4 is 5.32 Å². The molecule has 1 atom stereocenters. The first kappa shape index (κ1) is 14.1. The van der Waals surface area contributed by atoms with Crippen molar-refractivity contribution in [1.29, 1.82) is 0 Å². The molecule has 1 unspecified atom stereocenters. The molecule has 0 saturated carbocycles. The van der Waals surface area contributed by atoms with Crippen molar-refractivity contribution in [3.05, 3.63) is 35.1 Å². The van der Waals surface area contributed by atoms with Gasteiger partial charge in [0.2, 0.25) is 0 Å². The standard InChI is InChI=1S/C13H20FNO2/c1-10-3-4-12(14)7-11(10)8-15-13(5-6-16)9-17-2/h3-4,7,13,15-16H,5-6,8-9H2,1-2H3. The average molecular weight is 241 g/mol. The molecule has 0 aliphatic carbocycles. The monoisotopic (exact) mass is 241 g/mol. The first-order chi connectivity index (χ1) is 8.17. The fourth-order valence-electron chi connectivity index (χ4n) is 1.69. The molecule has 0 fully saturated rings. The number of halogens is 1. The van der Waals surface area contributed by atoms with Crippen LogP contribution in [-0.2, 0) is 11.3 Å². The van der Waals surface area contributed by atoms with Crippen LogP contribution in [0.3, 0.4) is 0 Å². The highest BCUT2D eigenvalue weighted by Gasteiger charge is 2.08. The molecule has 0 aliphatic rings. The average Bonchev–Trinajstić information content (AvgIpc) is 2.30. The molecule has 0 saturated heterocycles. The Morgan fingerprint density at radius 1 is 1.47 bits per heavy atom. The van der Waals surface area contributed by atoms with Crippen LogP contribution in [0.15, 0.2) is 18.2 Å². The molecule has 4 heteroatoms. The quantitative estimate of drug-likeness (QED) is 0.762. The molecule has 0 aromatic heterocycles. The predicted octanol–water partition coefficient (Wildman–Crippen LogP) is 1.62. The summed E-state index contributed by atoms with van der Waals surface area (Å²) in [4.78, 5) is 0. The first-order valence-electron chi connectivity index (χ1n) is 5.75. The highest BCUT2D eigenvalue weighted by atomic mass is 19.1. The molecule has 0 amide bonds. The molecule has 0 spiro atoms. The lowest BCUT2D eigenvalue weighted by molar-refractivity contribution is 0.148. The third kappa shape index (κ3) is 4.81. The minimum atomic E-state index is -0.224. The number of nitrogens with one attached hydrogen (secondary N) is 1. The van der Waals surface area contributed by atoms with E-state index in [4.69, 9.17) is 9.84 Å². The van der Waals surface area contributed by atoms with Crippen LogP contribution in [-0.4, -0.2) is 31.5 Å². The Labute approximate surface area is 102 Å². The number of aliphatic hydroxyl groups is 1. The maximum atomic E-state index is 13.1. The lowest BCUT2D eigenvalue weighted by Gasteiger charge is -2.17. The van der Waals surface area contributed by atoms with Gasteiger partial charge in [-0.2, -0.15) is 0 Å². The minimum absolute atomic E-state index is 0.0904. The highest BCUT2D eigenvalue weighted by Crippen LogP contribution is 2.10. The van der Waals surface area contributed by atoms with E-state index in [1.807, 2.05) is 6.92 Å². The summed E-state index contributed by atoms with van der Waals surface area (Å²) in [7, 11) is 1.62. The van der Waals surface area contributed by atoms with Crippen molar-refractivity contribution in [1.82, 2.24) is 5.32 Å². The van der Waals surface area contributed by atoms with Crippen LogP contribution in [0.4, 0.5) is 4.39 Å². The van der Waals surface area contributed by atoms with Gasteiger partial charge in [-0.3, -0.25) is 0 Å². The molecular formula is C13H20FNO2. The number of hydrogen-bond donors (Lipinski definition) is 2. The van der Waals surface area contributed by atoms with Crippen molar-refractivity contribution in [3.8, 4) is 0 Å². The molecule has 0 aliphatic heterocycles. The van der Waals surface area contributed by atoms with Gasteiger partial charge in [-0.05, 0) is 36.6 Å². The van der Waals surface area contributed by atoms with E-state index in [2.05, 4.69) is 5.32 Å². The Balaban J connectivity index is 2.55. The van der Waals surface area contributed by atoms with E-state index >= 15 is 0 Å². The molecule has 17 heavy (non-hydrogen) atoms. The zero-order valence-corrected chi connectivity index (χ0v) is 10.4. The van der Waals surface area contributed by atoms with E-state index in [1.165, 1.54) is 12.1 Å². The van der Waals surface area contributed by atoms with Gasteiger partial charge >= 0.3 is 0 Å². The Kier molecular flexibility index (Phi) is 6.11. The Hall–Kier alpha value is -0.970. The Bertz CT molecular complexity index is 338. The molecule has 1 aromatic carbocycles. The van der Waals surface area contributed by atoms with Gasteiger partial charge < -0.3 is 15.2 Å². The van der Waals surface area contributed by atoms with Crippen LogP contribution in [0.25, 0.3) is 0 Å². The van der Waals surface area contributed by atoms with Crippen molar-refractivity contribution in [2.45, 2.75) is 25.9 Å². The highest BCUT2D eigenvalue weighted by molar-refractivity contribution is 5.26. The van der Waals surface area contributed by atoms with Gasteiger partial charge in [0.25, 0.3) is 0 Å². The number of methoxy groups -OCH3 is 1. The molecule has 2 N–H and O–H groups in total. The van der Waals surface area contributed by atoms with E-state index in [-0.39, 0.29) is 18.5 Å². The van der Waals surface area contributed by atoms with Crippen LogP contribution >= 0.6 is 0 Å². The van der Waals surface area contributed by atoms with Gasteiger partial charge in [0.1, 0.15) is 5.82 Å². The van der Waals surface area contributed by atoms with E-state index in [9.17, 15) is 4.39 Å². The van der Waals surface area contributed by atoms with Crippen molar-refractivity contribution in [2.24, 2.45) is 0 Å². The fraction of sp³-hybridized carbons (Fsp3) is 0.538. The maximum absolute atomic E-state index is 13.1. The molecule has 96 valence electrons. The topological polar surface area (TPSA) is 41.5 Å². The minimum Gasteiger partial charge on any atom is -0.396 e. The van der Waals surface area contributed by atoms with Crippen molar-refractivity contribution >= 4 is 0 Å². The van der Waals surface area contributed by atoms with Gasteiger partial charge in [-0.25, -0.2) is 4.39 Å². The number of ether oxygens (including phenoxy) is 1. The summed E-state index contributed by atoms with van der Waals surface area (Å²) in [6.07, 6.45) is 0.627. The third-order valence-electron chi connectivity index (χ3n) is 2.74. The van der Waals surface area contributed by atoms with E-state index in [0.717, 1.165) is 11.1 Å². The van der Waals surface area contributed by atoms with Crippen molar-refractivity contribution in [2.75, 3.05) is 20.3 Å². The number of rotatable bonds is 7. The fourth-order valence-corrected chi connectivity index (χ4v) is 1.69. The molecule has 3 nitrogen and oxygen atoms in total. The first-order valence-corrected chi connectivity index (χ1v) is 5.75. The number of aryl methyl sites for hydroxylation is 1. The van der Waals surface area contributed by atoms with E-state index in [0.29, 0.717) is 19.6 Å². The Morgan fingerprint density at radius 3 is 2.88 bits per heavy atom. The normalized spacial score (nSPS) is 12.7. The van der Waals surface area contributed by atoms with Crippen LogP contribution in [0.2, 0.25) is 0 Å². The molecule has 0 heterocycles. The molecule has 0 radical (unpaired) electrons. The zero-order valence-electron chi connectivity index (χ0n) is 10.4. The van der Waals surface area contributed by atoms with Crippen molar-refractivity contribution in [3.63, 3.8) is 0 Å². The third-order valence-corrected chi connectivity index (χ3v) is 2.74. The van der Waals surface area contributed by atoms with E-state index < -0.39 is 0 Å². The smallest absolute Gasteiger partial charge is 0.123 e. The summed E-state index contributed by atoms with van der Waals surface area (Å²) in [5.74, 6) is -0.224. The number of benzene rings is 1. The van der Waals surface area contributed by atoms with E-state index in [1.54, 1.807) is 13.2 Å². The lowest BCUT2D eigenvalue weighted by atomic mass is 10.1. The summed E-state index contributed by atoms with van der Waals surface area (Å²) in [5, 5.41) is 12.2. The summed E-state index contributed by atoms with van der Waals surface area (Å²) in [5.41, 5.74) is 1.99. The van der Waals surface area contributed by atoms with Crippen LogP contribution in [0.1, 0.15) is 17.5 Å². The van der Waals surface area contributed by atoms with Gasteiger partial charge in [0.05, 0.1) is 6.61 Å². The second kappa shape index (κ2) is 7.37. The lowest BCUT2D eigenvalue weighted by Crippen LogP contribution is -2.33. The summed E-state index contributed by atoms with van der Waals surface area (Å²) < 4.78 is 18.1. The van der Waals surface area contributed by atoms with Gasteiger partial charge in [-0.15, -0.1) is 0 Å². The molecule has 1 aromatic rings. The van der Waals surface area contributed by atoms with Gasteiger partial charge in [0.15, 0.2) is 0 Å². The SMILES string of the molecule is COCC(CCO)NCc1cc(F)ccc1C. The molecule has 0 bridgehead atoms. The van der Waals surface area contributed by atoms with Crippen LogP contribution in [0.5, 0.6) is 0 Å². The Morgan fingerprint density at radius 2 is 2.24 bits per heavy atom. The maximum Gasteiger partial charge on any atom is 0.123 e. The summed E-state index contributed by atoms with van der Waals surface area (Å²) >= 11 is 0. The summed E-state index contributed by atoms with van der Waals surface area (Å²) in [6, 6.07) is 4.85. The molecule has 1 rings (SSSR count).